The van der Waals surface area contributed by atoms with Gasteiger partial charge < -0.3 is 5.73 Å². The molecule has 0 fully saturated rings. The number of carbonyl (C=O) groups excluding carboxylic acids is 1. The zero-order valence-corrected chi connectivity index (χ0v) is 7.53. The molecule has 0 spiro atoms. The van der Waals surface area contributed by atoms with E-state index in [1.54, 1.807) is 24.9 Å². The van der Waals surface area contributed by atoms with Gasteiger partial charge in [0.1, 0.15) is 5.69 Å². The van der Waals surface area contributed by atoms with Crippen molar-refractivity contribution in [3.05, 3.63) is 17.5 Å². The van der Waals surface area contributed by atoms with Gasteiger partial charge in [0.2, 0.25) is 0 Å². The van der Waals surface area contributed by atoms with Crippen molar-refractivity contribution in [2.24, 2.45) is 12.8 Å². The summed E-state index contributed by atoms with van der Waals surface area (Å²) < 4.78 is 1.62. The molecular formula is C8H13N3O. The molecule has 0 radical (unpaired) electrons. The normalized spacial score (nSPS) is 13.0. The Labute approximate surface area is 71.4 Å². The van der Waals surface area contributed by atoms with Crippen LogP contribution in [0.25, 0.3) is 0 Å². The molecule has 1 rings (SSSR count). The van der Waals surface area contributed by atoms with Crippen LogP contribution in [-0.2, 0) is 7.05 Å². The molecule has 1 aromatic rings. The van der Waals surface area contributed by atoms with Crippen molar-refractivity contribution >= 4 is 5.78 Å². The molecule has 66 valence electrons. The van der Waals surface area contributed by atoms with E-state index < -0.39 is 6.04 Å². The molecule has 12 heavy (non-hydrogen) atoms. The van der Waals surface area contributed by atoms with E-state index in [2.05, 4.69) is 5.10 Å². The number of aryl methyl sites for hydroxylation is 2. The number of nitrogens with zero attached hydrogens (tertiary/aromatic N) is 2. The summed E-state index contributed by atoms with van der Waals surface area (Å²) in [5.74, 6) is -0.104. The Hall–Kier alpha value is -1.16. The topological polar surface area (TPSA) is 60.9 Å². The lowest BCUT2D eigenvalue weighted by Gasteiger charge is -2.00. The molecule has 1 unspecified atom stereocenters. The van der Waals surface area contributed by atoms with Gasteiger partial charge in [-0.15, -0.1) is 0 Å². The second-order valence-electron chi connectivity index (χ2n) is 2.99. The monoisotopic (exact) mass is 167 g/mol. The molecule has 1 aromatic heterocycles. The van der Waals surface area contributed by atoms with Crippen molar-refractivity contribution < 1.29 is 4.79 Å². The summed E-state index contributed by atoms with van der Waals surface area (Å²) in [7, 11) is 1.78. The Morgan fingerprint density at radius 3 is 2.67 bits per heavy atom. The predicted molar refractivity (Wildman–Crippen MR) is 45.9 cm³/mol. The van der Waals surface area contributed by atoms with Gasteiger partial charge >= 0.3 is 0 Å². The fourth-order valence-electron chi connectivity index (χ4n) is 1.07. The van der Waals surface area contributed by atoms with Gasteiger partial charge in [-0.05, 0) is 19.4 Å². The lowest BCUT2D eigenvalue weighted by Crippen LogP contribution is -2.27. The molecule has 4 heteroatoms. The summed E-state index contributed by atoms with van der Waals surface area (Å²) in [5.41, 5.74) is 6.80. The first-order valence-corrected chi connectivity index (χ1v) is 3.82. The molecule has 0 aliphatic rings. The van der Waals surface area contributed by atoms with Crippen molar-refractivity contribution in [2.45, 2.75) is 19.9 Å². The van der Waals surface area contributed by atoms with E-state index in [1.165, 1.54) is 0 Å². The summed E-state index contributed by atoms with van der Waals surface area (Å²) in [6, 6.07) is -0.474. The summed E-state index contributed by atoms with van der Waals surface area (Å²) >= 11 is 0. The summed E-state index contributed by atoms with van der Waals surface area (Å²) in [6.45, 7) is 3.51. The highest BCUT2D eigenvalue weighted by atomic mass is 16.1. The number of nitrogens with two attached hydrogens (primary N) is 1. The third-order valence-corrected chi connectivity index (χ3v) is 1.66. The minimum absolute atomic E-state index is 0.104. The third-order valence-electron chi connectivity index (χ3n) is 1.66. The number of rotatable bonds is 2. The fourth-order valence-corrected chi connectivity index (χ4v) is 1.07. The summed E-state index contributed by atoms with van der Waals surface area (Å²) in [4.78, 5) is 11.4. The molecule has 0 saturated carbocycles. The Morgan fingerprint density at radius 2 is 2.33 bits per heavy atom. The van der Waals surface area contributed by atoms with Crippen LogP contribution in [0.3, 0.4) is 0 Å². The molecule has 1 atom stereocenters. The molecule has 0 aliphatic heterocycles. The maximum Gasteiger partial charge on any atom is 0.199 e. The number of hydrogen-bond donors (Lipinski definition) is 1. The number of aromatic nitrogens is 2. The van der Waals surface area contributed by atoms with Gasteiger partial charge in [0.05, 0.1) is 6.04 Å². The van der Waals surface area contributed by atoms with Crippen LogP contribution in [0.5, 0.6) is 0 Å². The molecule has 4 nitrogen and oxygen atoms in total. The van der Waals surface area contributed by atoms with Gasteiger partial charge in [0.15, 0.2) is 5.78 Å². The second-order valence-corrected chi connectivity index (χ2v) is 2.99. The van der Waals surface area contributed by atoms with E-state index in [-0.39, 0.29) is 5.78 Å². The van der Waals surface area contributed by atoms with Crippen LogP contribution in [0.2, 0.25) is 0 Å². The Bertz CT molecular complexity index is 301. The Balaban J connectivity index is 3.02. The minimum Gasteiger partial charge on any atom is -0.321 e. The van der Waals surface area contributed by atoms with Gasteiger partial charge in [-0.1, -0.05) is 0 Å². The maximum absolute atomic E-state index is 11.4. The molecule has 2 N–H and O–H groups in total. The highest BCUT2D eigenvalue weighted by Crippen LogP contribution is 2.06. The quantitative estimate of drug-likeness (QED) is 0.642. The van der Waals surface area contributed by atoms with Crippen LogP contribution in [0.15, 0.2) is 6.20 Å². The van der Waals surface area contributed by atoms with E-state index >= 15 is 0 Å². The molecule has 0 saturated heterocycles. The maximum atomic E-state index is 11.4. The smallest absolute Gasteiger partial charge is 0.199 e. The van der Waals surface area contributed by atoms with Gasteiger partial charge in [0, 0.05) is 13.2 Å². The first kappa shape index (κ1) is 8.93. The summed E-state index contributed by atoms with van der Waals surface area (Å²) in [6.07, 6.45) is 1.80. The van der Waals surface area contributed by atoms with Gasteiger partial charge in [-0.3, -0.25) is 9.48 Å². The summed E-state index contributed by atoms with van der Waals surface area (Å²) in [5, 5.41) is 4.02. The average Bonchev–Trinajstić information content (AvgIpc) is 2.28. The van der Waals surface area contributed by atoms with Crippen molar-refractivity contribution in [3.8, 4) is 0 Å². The SMILES string of the molecule is Cc1cn(C)nc1C(=O)C(C)N. The standard InChI is InChI=1S/C8H13N3O/c1-5-4-11(3)10-7(5)8(12)6(2)9/h4,6H,9H2,1-3H3. The van der Waals surface area contributed by atoms with Crippen LogP contribution in [0.4, 0.5) is 0 Å². The van der Waals surface area contributed by atoms with E-state index in [4.69, 9.17) is 5.73 Å². The number of Topliss-reactive ketones (excluding diaryl/α,β-unsaturated/α-hetero) is 1. The van der Waals surface area contributed by atoms with Crippen molar-refractivity contribution in [3.63, 3.8) is 0 Å². The molecule has 0 aromatic carbocycles. The first-order valence-electron chi connectivity index (χ1n) is 3.82. The first-order chi connectivity index (χ1) is 5.52. The van der Waals surface area contributed by atoms with Crippen LogP contribution in [0, 0.1) is 6.92 Å². The van der Waals surface area contributed by atoms with Crippen molar-refractivity contribution in [1.29, 1.82) is 0 Å². The predicted octanol–water partition coefficient (Wildman–Crippen LogP) is 0.258. The van der Waals surface area contributed by atoms with Gasteiger partial charge in [-0.25, -0.2) is 0 Å². The minimum atomic E-state index is -0.474. The molecule has 0 amide bonds. The van der Waals surface area contributed by atoms with Crippen LogP contribution in [-0.4, -0.2) is 21.6 Å². The molecular weight excluding hydrogens is 154 g/mol. The highest BCUT2D eigenvalue weighted by molar-refractivity contribution is 5.99. The van der Waals surface area contributed by atoms with Crippen LogP contribution < -0.4 is 5.73 Å². The van der Waals surface area contributed by atoms with E-state index in [9.17, 15) is 4.79 Å². The molecule has 0 bridgehead atoms. The lowest BCUT2D eigenvalue weighted by atomic mass is 10.1. The fraction of sp³-hybridized carbons (Fsp3) is 0.500. The number of carbonyl (C=O) groups is 1. The average molecular weight is 167 g/mol. The number of hydrogen-bond acceptors (Lipinski definition) is 3. The molecule has 1 heterocycles. The molecule has 0 aliphatic carbocycles. The van der Waals surface area contributed by atoms with E-state index in [0.29, 0.717) is 5.69 Å². The number of ketones is 1. The zero-order chi connectivity index (χ0) is 9.30. The van der Waals surface area contributed by atoms with Gasteiger partial charge in [0.25, 0.3) is 0 Å². The Morgan fingerprint density at radius 1 is 1.75 bits per heavy atom. The van der Waals surface area contributed by atoms with E-state index in [0.717, 1.165) is 5.56 Å². The van der Waals surface area contributed by atoms with Gasteiger partial charge in [-0.2, -0.15) is 5.10 Å². The second kappa shape index (κ2) is 3.06. The highest BCUT2D eigenvalue weighted by Gasteiger charge is 2.16. The largest absolute Gasteiger partial charge is 0.321 e. The van der Waals surface area contributed by atoms with Crippen LogP contribution >= 0.6 is 0 Å². The third kappa shape index (κ3) is 1.53. The Kier molecular flexibility index (Phi) is 2.28. The lowest BCUT2D eigenvalue weighted by molar-refractivity contribution is 0.0962. The van der Waals surface area contributed by atoms with Crippen molar-refractivity contribution in [1.82, 2.24) is 9.78 Å². The van der Waals surface area contributed by atoms with Crippen molar-refractivity contribution in [2.75, 3.05) is 0 Å². The zero-order valence-electron chi connectivity index (χ0n) is 7.53. The van der Waals surface area contributed by atoms with Crippen LogP contribution in [0.1, 0.15) is 23.0 Å². The van der Waals surface area contributed by atoms with E-state index in [1.807, 2.05) is 6.92 Å².